The highest BCUT2D eigenvalue weighted by molar-refractivity contribution is 7.99. The number of hydrogen-bond acceptors (Lipinski definition) is 3. The van der Waals surface area contributed by atoms with Crippen molar-refractivity contribution in [2.24, 2.45) is 0 Å². The van der Waals surface area contributed by atoms with Crippen LogP contribution in [-0.4, -0.2) is 53.3 Å². The van der Waals surface area contributed by atoms with Crippen LogP contribution in [0.3, 0.4) is 0 Å². The molecule has 3 unspecified atom stereocenters. The van der Waals surface area contributed by atoms with Crippen molar-refractivity contribution in [1.29, 1.82) is 0 Å². The zero-order chi connectivity index (χ0) is 12.8. The van der Waals surface area contributed by atoms with Crippen LogP contribution in [0.15, 0.2) is 0 Å². The number of amides is 2. The number of likely N-dealkylation sites (N-methyl/N-ethyl adjacent to an activating group) is 1. The molecule has 100 valence electrons. The van der Waals surface area contributed by atoms with Gasteiger partial charge in [-0.05, 0) is 32.4 Å². The summed E-state index contributed by atoms with van der Waals surface area (Å²) in [6.45, 7) is 2.07. The first-order chi connectivity index (χ1) is 8.02. The van der Waals surface area contributed by atoms with Crippen molar-refractivity contribution in [2.75, 3.05) is 19.8 Å². The van der Waals surface area contributed by atoms with Gasteiger partial charge < -0.3 is 15.3 Å². The van der Waals surface area contributed by atoms with E-state index in [1.807, 2.05) is 11.8 Å². The van der Waals surface area contributed by atoms with Gasteiger partial charge in [0.15, 0.2) is 0 Å². The maximum atomic E-state index is 11.8. The Hall–Kier alpha value is -0.420. The molecule has 1 rings (SSSR count). The highest BCUT2D eigenvalue weighted by atomic mass is 32.2. The first kappa shape index (κ1) is 14.6. The van der Waals surface area contributed by atoms with Crippen molar-refractivity contribution >= 4 is 17.8 Å². The minimum Gasteiger partial charge on any atom is -0.392 e. The average Bonchev–Trinajstić information content (AvgIpc) is 2.28. The molecule has 0 radical (unpaired) electrons. The lowest BCUT2D eigenvalue weighted by molar-refractivity contribution is 0.141. The third kappa shape index (κ3) is 5.17. The van der Waals surface area contributed by atoms with Crippen LogP contribution in [0.4, 0.5) is 4.79 Å². The normalized spacial score (nSPS) is 26.4. The Morgan fingerprint density at radius 3 is 2.88 bits per heavy atom. The average molecular weight is 260 g/mol. The standard InChI is InChI=1S/C12H24N2O2S/c1-9(15)8-14(2)12(16)13-10-5-4-6-11(7-10)17-3/h9-11,15H,4-8H2,1-3H3,(H,13,16). The summed E-state index contributed by atoms with van der Waals surface area (Å²) in [5, 5.41) is 13.0. The van der Waals surface area contributed by atoms with E-state index in [1.165, 1.54) is 12.8 Å². The Balaban J connectivity index is 2.34. The lowest BCUT2D eigenvalue weighted by Gasteiger charge is -2.30. The van der Waals surface area contributed by atoms with E-state index < -0.39 is 6.10 Å². The summed E-state index contributed by atoms with van der Waals surface area (Å²) in [5.74, 6) is 0. The molecular weight excluding hydrogens is 236 g/mol. The second kappa shape index (κ2) is 7.11. The summed E-state index contributed by atoms with van der Waals surface area (Å²) >= 11 is 1.89. The number of urea groups is 1. The van der Waals surface area contributed by atoms with E-state index in [1.54, 1.807) is 18.9 Å². The van der Waals surface area contributed by atoms with Crippen LogP contribution in [0.1, 0.15) is 32.6 Å². The predicted octanol–water partition coefficient (Wildman–Crippen LogP) is 1.68. The number of rotatable bonds is 4. The zero-order valence-electron chi connectivity index (χ0n) is 11.0. The Morgan fingerprint density at radius 2 is 2.29 bits per heavy atom. The van der Waals surface area contributed by atoms with E-state index in [-0.39, 0.29) is 6.03 Å². The second-order valence-corrected chi connectivity index (χ2v) is 6.04. The third-order valence-electron chi connectivity index (χ3n) is 3.17. The van der Waals surface area contributed by atoms with Gasteiger partial charge in [-0.2, -0.15) is 11.8 Å². The molecule has 4 nitrogen and oxygen atoms in total. The fraction of sp³-hybridized carbons (Fsp3) is 0.917. The summed E-state index contributed by atoms with van der Waals surface area (Å²) in [6.07, 6.45) is 6.25. The van der Waals surface area contributed by atoms with Gasteiger partial charge in [-0.15, -0.1) is 0 Å². The molecule has 1 aliphatic carbocycles. The molecule has 1 saturated carbocycles. The molecule has 0 heterocycles. The number of thioether (sulfide) groups is 1. The molecule has 0 aliphatic heterocycles. The van der Waals surface area contributed by atoms with Crippen LogP contribution in [-0.2, 0) is 0 Å². The molecule has 0 aromatic heterocycles. The summed E-state index contributed by atoms with van der Waals surface area (Å²) in [4.78, 5) is 13.4. The van der Waals surface area contributed by atoms with E-state index >= 15 is 0 Å². The van der Waals surface area contributed by atoms with Crippen molar-refractivity contribution < 1.29 is 9.90 Å². The largest absolute Gasteiger partial charge is 0.392 e. The minimum atomic E-state index is -0.476. The molecular formula is C12H24N2O2S. The van der Waals surface area contributed by atoms with Crippen LogP contribution in [0.25, 0.3) is 0 Å². The van der Waals surface area contributed by atoms with E-state index in [0.29, 0.717) is 17.8 Å². The SMILES string of the molecule is CSC1CCCC(NC(=O)N(C)CC(C)O)C1. The molecule has 1 aliphatic rings. The minimum absolute atomic E-state index is 0.0716. The summed E-state index contributed by atoms with van der Waals surface area (Å²) in [7, 11) is 1.72. The Labute approximate surface area is 108 Å². The van der Waals surface area contributed by atoms with Crippen LogP contribution in [0.5, 0.6) is 0 Å². The van der Waals surface area contributed by atoms with Crippen molar-refractivity contribution in [3.63, 3.8) is 0 Å². The monoisotopic (exact) mass is 260 g/mol. The summed E-state index contributed by atoms with van der Waals surface area (Å²) in [5.41, 5.74) is 0. The van der Waals surface area contributed by atoms with E-state index in [4.69, 9.17) is 0 Å². The van der Waals surface area contributed by atoms with E-state index in [0.717, 1.165) is 12.8 Å². The smallest absolute Gasteiger partial charge is 0.317 e. The first-order valence-electron chi connectivity index (χ1n) is 6.25. The fourth-order valence-corrected chi connectivity index (χ4v) is 3.08. The van der Waals surface area contributed by atoms with Crippen LogP contribution < -0.4 is 5.32 Å². The van der Waals surface area contributed by atoms with Crippen molar-refractivity contribution in [1.82, 2.24) is 10.2 Å². The van der Waals surface area contributed by atoms with E-state index in [9.17, 15) is 9.90 Å². The van der Waals surface area contributed by atoms with Crippen LogP contribution >= 0.6 is 11.8 Å². The molecule has 0 bridgehead atoms. The van der Waals surface area contributed by atoms with Crippen LogP contribution in [0.2, 0.25) is 0 Å². The van der Waals surface area contributed by atoms with Crippen molar-refractivity contribution in [2.45, 2.75) is 50.0 Å². The summed E-state index contributed by atoms with van der Waals surface area (Å²) < 4.78 is 0. The number of nitrogens with one attached hydrogen (secondary N) is 1. The van der Waals surface area contributed by atoms with Gasteiger partial charge in [-0.1, -0.05) is 6.42 Å². The molecule has 0 aromatic carbocycles. The molecule has 17 heavy (non-hydrogen) atoms. The molecule has 2 N–H and O–H groups in total. The van der Waals surface area contributed by atoms with Gasteiger partial charge in [-0.3, -0.25) is 0 Å². The molecule has 0 saturated heterocycles. The van der Waals surface area contributed by atoms with Gasteiger partial charge in [-0.25, -0.2) is 4.79 Å². The number of nitrogens with zero attached hydrogens (tertiary/aromatic N) is 1. The molecule has 2 amide bonds. The fourth-order valence-electron chi connectivity index (χ4n) is 2.25. The number of hydrogen-bond donors (Lipinski definition) is 2. The Kier molecular flexibility index (Phi) is 6.12. The molecule has 0 aromatic rings. The number of carbonyl (C=O) groups excluding carboxylic acids is 1. The second-order valence-electron chi connectivity index (χ2n) is 4.90. The Bertz CT molecular complexity index is 249. The van der Waals surface area contributed by atoms with Gasteiger partial charge in [0.1, 0.15) is 0 Å². The zero-order valence-corrected chi connectivity index (χ0v) is 11.8. The lowest BCUT2D eigenvalue weighted by Crippen LogP contribution is -2.46. The van der Waals surface area contributed by atoms with E-state index in [2.05, 4.69) is 11.6 Å². The number of aliphatic hydroxyl groups is 1. The maximum Gasteiger partial charge on any atom is 0.317 e. The van der Waals surface area contributed by atoms with Gasteiger partial charge in [0.25, 0.3) is 0 Å². The molecule has 1 fully saturated rings. The number of carbonyl (C=O) groups is 1. The lowest BCUT2D eigenvalue weighted by atomic mass is 9.95. The predicted molar refractivity (Wildman–Crippen MR) is 72.4 cm³/mol. The summed E-state index contributed by atoms with van der Waals surface area (Å²) in [6, 6.07) is 0.225. The van der Waals surface area contributed by atoms with Crippen molar-refractivity contribution in [3.05, 3.63) is 0 Å². The van der Waals surface area contributed by atoms with Crippen LogP contribution in [0, 0.1) is 0 Å². The topological polar surface area (TPSA) is 52.6 Å². The highest BCUT2D eigenvalue weighted by Crippen LogP contribution is 2.26. The maximum absolute atomic E-state index is 11.8. The molecule has 5 heteroatoms. The van der Waals surface area contributed by atoms with Gasteiger partial charge in [0.05, 0.1) is 6.10 Å². The highest BCUT2D eigenvalue weighted by Gasteiger charge is 2.23. The quantitative estimate of drug-likeness (QED) is 0.808. The van der Waals surface area contributed by atoms with Gasteiger partial charge in [0, 0.05) is 24.9 Å². The molecule has 3 atom stereocenters. The Morgan fingerprint density at radius 1 is 1.59 bits per heavy atom. The number of aliphatic hydroxyl groups excluding tert-OH is 1. The van der Waals surface area contributed by atoms with Crippen molar-refractivity contribution in [3.8, 4) is 0 Å². The third-order valence-corrected chi connectivity index (χ3v) is 4.27. The van der Waals surface area contributed by atoms with Gasteiger partial charge >= 0.3 is 6.03 Å². The van der Waals surface area contributed by atoms with Gasteiger partial charge in [0.2, 0.25) is 0 Å². The molecule has 0 spiro atoms. The first-order valence-corrected chi connectivity index (χ1v) is 7.54.